The van der Waals surface area contributed by atoms with Crippen LogP contribution in [0.25, 0.3) is 0 Å². The van der Waals surface area contributed by atoms with Crippen molar-refractivity contribution in [1.29, 1.82) is 0 Å². The van der Waals surface area contributed by atoms with Crippen LogP contribution in [0.15, 0.2) is 48.5 Å². The largest absolute Gasteiger partial charge is 0.356 e. The summed E-state index contributed by atoms with van der Waals surface area (Å²) in [4.78, 5) is 16.5. The maximum Gasteiger partial charge on any atom is 0.127 e. The lowest BCUT2D eigenvalue weighted by atomic mass is 10.3. The molecule has 0 radical (unpaired) electrons. The van der Waals surface area contributed by atoms with E-state index in [0.29, 0.717) is 0 Å². The molecule has 0 atom stereocenters. The van der Waals surface area contributed by atoms with Crippen LogP contribution in [-0.2, 0) is 0 Å². The quantitative estimate of drug-likeness (QED) is 0.279. The van der Waals surface area contributed by atoms with E-state index in [9.17, 15) is 0 Å². The average Bonchev–Trinajstić information content (AvgIpc) is 2.45. The molecule has 0 amide bonds. The number of quaternary nitrogens is 2. The summed E-state index contributed by atoms with van der Waals surface area (Å²) in [6, 6.07) is 16.2. The van der Waals surface area contributed by atoms with Crippen LogP contribution in [0.4, 0.5) is 11.4 Å². The molecule has 0 aliphatic heterocycles. The molecule has 132 valence electrons. The standard InChI is InChI=1S/2C6H6IN.2NO3/c2*7-5-1-3-6(8)4-2-5;2*2-1(3)4/h2*1-4H,8H2;;/q;;2*-1/p+2. The van der Waals surface area contributed by atoms with Crippen LogP contribution in [-0.4, -0.2) is 10.2 Å². The summed E-state index contributed by atoms with van der Waals surface area (Å²) in [6.45, 7) is 0. The van der Waals surface area contributed by atoms with Crippen LogP contribution < -0.4 is 11.5 Å². The third-order valence-corrected chi connectivity index (χ3v) is 3.26. The lowest BCUT2D eigenvalue weighted by Crippen LogP contribution is -2.39. The Morgan fingerprint density at radius 3 is 0.917 bits per heavy atom. The van der Waals surface area contributed by atoms with Crippen LogP contribution in [0.1, 0.15) is 0 Å². The van der Waals surface area contributed by atoms with E-state index in [1.165, 1.54) is 7.14 Å². The zero-order valence-corrected chi connectivity index (χ0v) is 16.4. The minimum absolute atomic E-state index is 1.07. The minimum atomic E-state index is -1.75. The molecule has 0 heterocycles. The van der Waals surface area contributed by atoms with Gasteiger partial charge in [-0.15, -0.1) is 0 Å². The van der Waals surface area contributed by atoms with E-state index in [1.807, 2.05) is 48.5 Å². The monoisotopic (exact) mass is 564 g/mol. The predicted octanol–water partition coefficient (Wildman–Crippen LogP) is 1.85. The van der Waals surface area contributed by atoms with Crippen molar-refractivity contribution in [2.75, 3.05) is 0 Å². The first-order valence-corrected chi connectivity index (χ1v) is 7.98. The first-order valence-electron chi connectivity index (χ1n) is 5.82. The fourth-order valence-electron chi connectivity index (χ4n) is 0.969. The van der Waals surface area contributed by atoms with Gasteiger partial charge in [0.05, 0.1) is 10.2 Å². The summed E-state index contributed by atoms with van der Waals surface area (Å²) < 4.78 is 2.52. The highest BCUT2D eigenvalue weighted by Gasteiger charge is 1.85. The number of hydrogen-bond donors (Lipinski definition) is 2. The molecule has 0 aliphatic rings. The molecule has 2 aromatic rings. The Kier molecular flexibility index (Phi) is 15.1. The van der Waals surface area contributed by atoms with Gasteiger partial charge in [0.1, 0.15) is 11.4 Å². The van der Waals surface area contributed by atoms with Gasteiger partial charge in [0.2, 0.25) is 0 Å². The van der Waals surface area contributed by atoms with Gasteiger partial charge in [0.25, 0.3) is 0 Å². The van der Waals surface area contributed by atoms with Crippen molar-refractivity contribution in [2.45, 2.75) is 0 Å². The van der Waals surface area contributed by atoms with Crippen molar-refractivity contribution >= 4 is 56.6 Å². The Balaban J connectivity index is 0. The summed E-state index contributed by atoms with van der Waals surface area (Å²) in [6.07, 6.45) is 0. The fraction of sp³-hybridized carbons (Fsp3) is 0. The van der Waals surface area contributed by atoms with E-state index in [2.05, 4.69) is 56.6 Å². The number of hydrogen-bond acceptors (Lipinski definition) is 6. The van der Waals surface area contributed by atoms with Gasteiger partial charge in [0, 0.05) is 7.14 Å². The Labute approximate surface area is 164 Å². The normalized spacial score (nSPS) is 8.17. The van der Waals surface area contributed by atoms with Crippen molar-refractivity contribution in [3.63, 3.8) is 0 Å². The summed E-state index contributed by atoms with van der Waals surface area (Å²) in [5, 5.41) is 29.5. The molecule has 0 saturated heterocycles. The molecule has 0 saturated carbocycles. The second kappa shape index (κ2) is 14.8. The van der Waals surface area contributed by atoms with Crippen LogP contribution >= 0.6 is 45.2 Å². The van der Waals surface area contributed by atoms with Crippen molar-refractivity contribution < 1.29 is 21.6 Å². The molecule has 0 fully saturated rings. The van der Waals surface area contributed by atoms with Crippen molar-refractivity contribution in [1.82, 2.24) is 0 Å². The van der Waals surface area contributed by atoms with Gasteiger partial charge in [-0.2, -0.15) is 0 Å². The second-order valence-electron chi connectivity index (χ2n) is 3.70. The SMILES string of the molecule is O=[N+]([O-])[O-].O=[N+]([O-])[O-].[NH3+]c1ccc(I)cc1.[NH3+]c1ccc(I)cc1. The maximum atomic E-state index is 8.25. The van der Waals surface area contributed by atoms with E-state index in [1.54, 1.807) is 0 Å². The molecule has 12 heteroatoms. The molecule has 0 bridgehead atoms. The Bertz CT molecular complexity index is 504. The Morgan fingerprint density at radius 2 is 0.792 bits per heavy atom. The van der Waals surface area contributed by atoms with Gasteiger partial charge in [0.15, 0.2) is 0 Å². The fourth-order valence-corrected chi connectivity index (χ4v) is 1.69. The average molecular weight is 564 g/mol. The van der Waals surface area contributed by atoms with Crippen LogP contribution in [0, 0.1) is 37.8 Å². The number of benzene rings is 2. The van der Waals surface area contributed by atoms with Gasteiger partial charge in [-0.05, 0) is 93.7 Å². The van der Waals surface area contributed by atoms with Crippen molar-refractivity contribution in [2.24, 2.45) is 0 Å². The molecule has 6 N–H and O–H groups in total. The summed E-state index contributed by atoms with van der Waals surface area (Å²) in [7, 11) is 0. The lowest BCUT2D eigenvalue weighted by Gasteiger charge is -1.85. The second-order valence-corrected chi connectivity index (χ2v) is 6.19. The maximum absolute atomic E-state index is 8.25. The van der Waals surface area contributed by atoms with E-state index in [-0.39, 0.29) is 0 Å². The van der Waals surface area contributed by atoms with Crippen LogP contribution in [0.2, 0.25) is 0 Å². The van der Waals surface area contributed by atoms with Gasteiger partial charge in [-0.25, -0.2) is 0 Å². The zero-order valence-electron chi connectivity index (χ0n) is 12.1. The minimum Gasteiger partial charge on any atom is -0.356 e. The van der Waals surface area contributed by atoms with Gasteiger partial charge in [-0.3, -0.25) is 0 Å². The lowest BCUT2D eigenvalue weighted by molar-refractivity contribution is -0.403. The molecule has 0 spiro atoms. The third kappa shape index (κ3) is 22.5. The molecule has 10 nitrogen and oxygen atoms in total. The molecule has 0 unspecified atom stereocenters. The molecule has 2 aromatic carbocycles. The van der Waals surface area contributed by atoms with E-state index < -0.39 is 10.2 Å². The molecule has 24 heavy (non-hydrogen) atoms. The first kappa shape index (κ1) is 24.5. The summed E-state index contributed by atoms with van der Waals surface area (Å²) >= 11 is 4.54. The smallest absolute Gasteiger partial charge is 0.127 e. The highest BCUT2D eigenvalue weighted by molar-refractivity contribution is 14.1. The Morgan fingerprint density at radius 1 is 0.625 bits per heavy atom. The van der Waals surface area contributed by atoms with E-state index in [4.69, 9.17) is 30.6 Å². The van der Waals surface area contributed by atoms with E-state index >= 15 is 0 Å². The zero-order chi connectivity index (χ0) is 19.1. The van der Waals surface area contributed by atoms with Gasteiger partial charge in [-0.1, -0.05) is 0 Å². The van der Waals surface area contributed by atoms with E-state index in [0.717, 1.165) is 11.4 Å². The summed E-state index contributed by atoms with van der Waals surface area (Å²) in [5.74, 6) is 0. The topological polar surface area (TPSA) is 188 Å². The van der Waals surface area contributed by atoms with Crippen LogP contribution in [0.3, 0.4) is 0 Å². The molecular weight excluding hydrogens is 550 g/mol. The first-order chi connectivity index (χ1) is 11.0. The van der Waals surface area contributed by atoms with Gasteiger partial charge < -0.3 is 42.1 Å². The number of nitrogens with zero attached hydrogens (tertiary/aromatic N) is 2. The summed E-state index contributed by atoms with van der Waals surface area (Å²) in [5.41, 5.74) is 9.67. The van der Waals surface area contributed by atoms with Crippen molar-refractivity contribution in [3.8, 4) is 0 Å². The Hall–Kier alpha value is -1.78. The highest BCUT2D eigenvalue weighted by atomic mass is 127. The molecular formula is C12H14I2N4O6. The highest BCUT2D eigenvalue weighted by Crippen LogP contribution is 2.06. The molecule has 0 aliphatic carbocycles. The predicted molar refractivity (Wildman–Crippen MR) is 104 cm³/mol. The van der Waals surface area contributed by atoms with Gasteiger partial charge >= 0.3 is 0 Å². The molecule has 2 rings (SSSR count). The van der Waals surface area contributed by atoms with Crippen molar-refractivity contribution in [3.05, 3.63) is 86.3 Å². The third-order valence-electron chi connectivity index (χ3n) is 1.83. The van der Waals surface area contributed by atoms with Crippen LogP contribution in [0.5, 0.6) is 0 Å². The molecule has 0 aromatic heterocycles. The number of rotatable bonds is 0. The number of halogens is 2.